The molecule has 326 valence electrons. The first-order chi connectivity index (χ1) is 34.7. The highest BCUT2D eigenvalue weighted by atomic mass is 16.3. The van der Waals surface area contributed by atoms with Gasteiger partial charge < -0.3 is 8.98 Å². The highest BCUT2D eigenvalue weighted by Crippen LogP contribution is 2.65. The summed E-state index contributed by atoms with van der Waals surface area (Å²) in [7, 11) is 0. The minimum atomic E-state index is -0.675. The van der Waals surface area contributed by atoms with Crippen molar-refractivity contribution >= 4 is 60.9 Å². The molecule has 4 heteroatoms. The maximum absolute atomic E-state index is 6.61. The highest BCUT2D eigenvalue weighted by Gasteiger charge is 2.52. The molecule has 1 atom stereocenters. The zero-order chi connectivity index (χ0) is 45.9. The molecule has 15 rings (SSSR count). The van der Waals surface area contributed by atoms with Crippen LogP contribution < -0.4 is 4.90 Å². The van der Waals surface area contributed by atoms with Crippen molar-refractivity contribution in [2.75, 3.05) is 4.90 Å². The third-order valence-electron chi connectivity index (χ3n) is 15.0. The summed E-state index contributed by atoms with van der Waals surface area (Å²) >= 11 is 0. The number of para-hydroxylation sites is 4. The first-order valence-electron chi connectivity index (χ1n) is 24.0. The Hall–Kier alpha value is -9.25. The van der Waals surface area contributed by atoms with Crippen LogP contribution in [-0.4, -0.2) is 9.55 Å². The molecule has 1 aliphatic carbocycles. The SMILES string of the molecule is c1ccc(-c2cc(-c3ccccc3)nc(N3c4ccccc4C4(c5ccccc5-c5c4ccc4oc6ccccc6c54)c4ccc(-c5ccc6c(c5)c5ccccc5n6-c5ccccc5)cc43)c2)cc1. The zero-order valence-corrected chi connectivity index (χ0v) is 37.9. The standard InChI is InChI=1S/C66H41N3O/c1-4-18-42(19-5-1)46-39-56(43-20-6-2-7-21-43)67-63(41-46)69-59-30-16-14-28-53(59)66(52-27-13-10-25-49(52)64-55(66)35-37-62-65(64)50-26-12-17-31-61(50)70-62)54-34-32-45(40-60(54)69)44-33-36-58-51(38-44)48-24-11-15-29-57(48)68(58)47-22-8-3-9-23-47/h1-41H. The molecule has 0 N–H and O–H groups in total. The fourth-order valence-corrected chi connectivity index (χ4v) is 12.1. The van der Waals surface area contributed by atoms with Crippen LogP contribution in [0.25, 0.3) is 94.1 Å². The van der Waals surface area contributed by atoms with E-state index in [1.807, 2.05) is 0 Å². The van der Waals surface area contributed by atoms with E-state index in [4.69, 9.17) is 9.40 Å². The maximum atomic E-state index is 6.61. The average molecular weight is 892 g/mol. The second kappa shape index (κ2) is 14.9. The van der Waals surface area contributed by atoms with Crippen LogP contribution in [0.15, 0.2) is 253 Å². The van der Waals surface area contributed by atoms with Crippen molar-refractivity contribution in [1.29, 1.82) is 0 Å². The van der Waals surface area contributed by atoms with Gasteiger partial charge in [0.1, 0.15) is 17.0 Å². The molecule has 1 aliphatic heterocycles. The van der Waals surface area contributed by atoms with Crippen molar-refractivity contribution in [3.63, 3.8) is 0 Å². The van der Waals surface area contributed by atoms with E-state index in [1.54, 1.807) is 0 Å². The molecule has 70 heavy (non-hydrogen) atoms. The van der Waals surface area contributed by atoms with Crippen molar-refractivity contribution in [2.24, 2.45) is 0 Å². The summed E-state index contributed by atoms with van der Waals surface area (Å²) in [6.45, 7) is 0. The fraction of sp³-hybridized carbons (Fsp3) is 0.0152. The Balaban J connectivity index is 1.04. The summed E-state index contributed by atoms with van der Waals surface area (Å²) in [5.41, 5.74) is 20.7. The number of furan rings is 1. The Kier molecular flexibility index (Phi) is 8.25. The predicted molar refractivity (Wildman–Crippen MR) is 288 cm³/mol. The van der Waals surface area contributed by atoms with Gasteiger partial charge in [0, 0.05) is 32.8 Å². The van der Waals surface area contributed by atoms with Gasteiger partial charge in [-0.3, -0.25) is 4.90 Å². The number of hydrogen-bond donors (Lipinski definition) is 0. The first kappa shape index (κ1) is 38.8. The van der Waals surface area contributed by atoms with Crippen molar-refractivity contribution in [3.8, 4) is 50.3 Å². The van der Waals surface area contributed by atoms with Gasteiger partial charge in [0.05, 0.1) is 33.5 Å². The lowest BCUT2D eigenvalue weighted by Gasteiger charge is -2.45. The molecular formula is C66H41N3O. The highest BCUT2D eigenvalue weighted by molar-refractivity contribution is 6.16. The average Bonchev–Trinajstić information content (AvgIpc) is 4.08. The van der Waals surface area contributed by atoms with Crippen LogP contribution in [0.2, 0.25) is 0 Å². The third kappa shape index (κ3) is 5.44. The number of nitrogens with zero attached hydrogens (tertiary/aromatic N) is 3. The summed E-state index contributed by atoms with van der Waals surface area (Å²) in [6.07, 6.45) is 0. The van der Waals surface area contributed by atoms with Crippen LogP contribution in [0.5, 0.6) is 0 Å². The molecule has 3 aromatic heterocycles. The first-order valence-corrected chi connectivity index (χ1v) is 24.0. The Morgan fingerprint density at radius 2 is 1.00 bits per heavy atom. The summed E-state index contributed by atoms with van der Waals surface area (Å²) in [6, 6.07) is 90.4. The molecule has 10 aromatic carbocycles. The summed E-state index contributed by atoms with van der Waals surface area (Å²) < 4.78 is 8.99. The normalized spacial score (nSPS) is 14.6. The largest absolute Gasteiger partial charge is 0.456 e. The van der Waals surface area contributed by atoms with E-state index in [2.05, 4.69) is 258 Å². The van der Waals surface area contributed by atoms with E-state index in [0.717, 1.165) is 78.3 Å². The van der Waals surface area contributed by atoms with Crippen LogP contribution in [0.3, 0.4) is 0 Å². The van der Waals surface area contributed by atoms with Gasteiger partial charge in [-0.25, -0.2) is 4.98 Å². The van der Waals surface area contributed by atoms with Gasteiger partial charge in [0.25, 0.3) is 0 Å². The molecule has 0 saturated carbocycles. The summed E-state index contributed by atoms with van der Waals surface area (Å²) in [4.78, 5) is 8.08. The zero-order valence-electron chi connectivity index (χ0n) is 37.9. The summed E-state index contributed by atoms with van der Waals surface area (Å²) in [5, 5.41) is 4.72. The number of fused-ring (bicyclic) bond motifs is 16. The number of aromatic nitrogens is 2. The Morgan fingerprint density at radius 3 is 1.84 bits per heavy atom. The van der Waals surface area contributed by atoms with Crippen LogP contribution in [0.4, 0.5) is 17.2 Å². The quantitative estimate of drug-likeness (QED) is 0.173. The number of pyridine rings is 1. The maximum Gasteiger partial charge on any atom is 0.138 e. The lowest BCUT2D eigenvalue weighted by atomic mass is 9.64. The van der Waals surface area contributed by atoms with Crippen molar-refractivity contribution in [3.05, 3.63) is 271 Å². The molecule has 0 fully saturated rings. The Morgan fingerprint density at radius 1 is 0.371 bits per heavy atom. The van der Waals surface area contributed by atoms with Crippen LogP contribution in [-0.2, 0) is 5.41 Å². The summed E-state index contributed by atoms with van der Waals surface area (Å²) in [5.74, 6) is 0.852. The van der Waals surface area contributed by atoms with E-state index in [0.29, 0.717) is 0 Å². The lowest BCUT2D eigenvalue weighted by Crippen LogP contribution is -2.36. The number of benzene rings is 10. The second-order valence-electron chi connectivity index (χ2n) is 18.6. The second-order valence-corrected chi connectivity index (χ2v) is 18.6. The fourth-order valence-electron chi connectivity index (χ4n) is 12.1. The van der Waals surface area contributed by atoms with E-state index in [9.17, 15) is 0 Å². The predicted octanol–water partition coefficient (Wildman–Crippen LogP) is 17.2. The molecule has 4 nitrogen and oxygen atoms in total. The molecule has 0 amide bonds. The molecule has 0 bridgehead atoms. The van der Waals surface area contributed by atoms with Crippen molar-refractivity contribution in [1.82, 2.24) is 9.55 Å². The molecule has 1 spiro atoms. The van der Waals surface area contributed by atoms with Gasteiger partial charge in [-0.05, 0) is 122 Å². The molecule has 0 radical (unpaired) electrons. The number of hydrogen-bond acceptors (Lipinski definition) is 3. The van der Waals surface area contributed by atoms with Crippen LogP contribution >= 0.6 is 0 Å². The minimum absolute atomic E-state index is 0.675. The molecule has 2 aliphatic rings. The van der Waals surface area contributed by atoms with E-state index in [1.165, 1.54) is 55.2 Å². The monoisotopic (exact) mass is 891 g/mol. The third-order valence-corrected chi connectivity index (χ3v) is 15.0. The van der Waals surface area contributed by atoms with Crippen molar-refractivity contribution < 1.29 is 4.42 Å². The molecule has 4 heterocycles. The van der Waals surface area contributed by atoms with Gasteiger partial charge >= 0.3 is 0 Å². The van der Waals surface area contributed by atoms with Gasteiger partial charge in [0.15, 0.2) is 0 Å². The Labute approximate surface area is 404 Å². The minimum Gasteiger partial charge on any atom is -0.456 e. The molecule has 1 unspecified atom stereocenters. The molecule has 0 saturated heterocycles. The Bertz CT molecular complexity index is 4190. The van der Waals surface area contributed by atoms with Gasteiger partial charge in [-0.15, -0.1) is 0 Å². The van der Waals surface area contributed by atoms with Crippen LogP contribution in [0.1, 0.15) is 22.3 Å². The van der Waals surface area contributed by atoms with Crippen LogP contribution in [0, 0.1) is 0 Å². The van der Waals surface area contributed by atoms with E-state index >= 15 is 0 Å². The topological polar surface area (TPSA) is 34.2 Å². The van der Waals surface area contributed by atoms with Crippen molar-refractivity contribution in [2.45, 2.75) is 5.41 Å². The number of rotatable bonds is 5. The molecular weight excluding hydrogens is 851 g/mol. The van der Waals surface area contributed by atoms with Gasteiger partial charge in [0.2, 0.25) is 0 Å². The lowest BCUT2D eigenvalue weighted by molar-refractivity contribution is 0.668. The smallest absolute Gasteiger partial charge is 0.138 e. The number of anilines is 3. The van der Waals surface area contributed by atoms with Gasteiger partial charge in [-0.2, -0.15) is 0 Å². The van der Waals surface area contributed by atoms with Gasteiger partial charge in [-0.1, -0.05) is 182 Å². The molecule has 13 aromatic rings. The van der Waals surface area contributed by atoms with E-state index in [-0.39, 0.29) is 0 Å². The van der Waals surface area contributed by atoms with E-state index < -0.39 is 5.41 Å².